The number of carbonyl (C=O) groups excluding carboxylic acids is 1. The number of aromatic nitrogens is 2. The number of hydrogen-bond donors (Lipinski definition) is 1. The molecule has 0 saturated heterocycles. The summed E-state index contributed by atoms with van der Waals surface area (Å²) >= 11 is 0. The van der Waals surface area contributed by atoms with Crippen LogP contribution in [0.4, 0.5) is 0 Å². The van der Waals surface area contributed by atoms with Gasteiger partial charge in [0.2, 0.25) is 0 Å². The summed E-state index contributed by atoms with van der Waals surface area (Å²) in [7, 11) is 0. The summed E-state index contributed by atoms with van der Waals surface area (Å²) < 4.78 is 17.0. The van der Waals surface area contributed by atoms with Gasteiger partial charge in [-0.15, -0.1) is 0 Å². The average Bonchev–Trinajstić information content (AvgIpc) is 2.77. The highest BCUT2D eigenvalue weighted by Gasteiger charge is 2.16. The number of aromatic carboxylic acids is 1. The summed E-state index contributed by atoms with van der Waals surface area (Å²) in [6.45, 7) is 8.16. The van der Waals surface area contributed by atoms with Gasteiger partial charge in [-0.05, 0) is 33.8 Å². The van der Waals surface area contributed by atoms with Crippen LogP contribution in [0.1, 0.15) is 37.0 Å². The van der Waals surface area contributed by atoms with Gasteiger partial charge >= 0.3 is 11.9 Å². The van der Waals surface area contributed by atoms with E-state index in [4.69, 9.17) is 19.3 Å². The third-order valence-corrected chi connectivity index (χ3v) is 2.58. The summed E-state index contributed by atoms with van der Waals surface area (Å²) in [5.41, 5.74) is 0.246. The molecule has 0 atom stereocenters. The molecule has 8 heteroatoms. The van der Waals surface area contributed by atoms with Crippen molar-refractivity contribution in [1.29, 1.82) is 0 Å². The first kappa shape index (κ1) is 19.1. The smallest absolute Gasteiger partial charge is 0.354 e. The highest BCUT2D eigenvalue weighted by Crippen LogP contribution is 2.06. The molecule has 1 heterocycles. The van der Waals surface area contributed by atoms with Gasteiger partial charge in [-0.3, -0.25) is 4.68 Å². The van der Waals surface area contributed by atoms with Crippen molar-refractivity contribution in [2.75, 3.05) is 26.4 Å². The van der Waals surface area contributed by atoms with Crippen molar-refractivity contribution in [2.45, 2.75) is 39.8 Å². The van der Waals surface area contributed by atoms with Crippen LogP contribution in [0.3, 0.4) is 0 Å². The maximum atomic E-state index is 11.4. The minimum Gasteiger partial charge on any atom is -0.477 e. The normalized spacial score (nSPS) is 11.5. The molecule has 0 radical (unpaired) electrons. The molecule has 130 valence electrons. The molecule has 1 rings (SSSR count). The number of carboxylic acid groups (broad SMARTS) is 1. The summed E-state index contributed by atoms with van der Waals surface area (Å²) in [6, 6.07) is 1.51. The van der Waals surface area contributed by atoms with E-state index in [2.05, 4.69) is 5.10 Å². The average molecular weight is 328 g/mol. The highest BCUT2D eigenvalue weighted by molar-refractivity contribution is 5.85. The molecule has 1 N–H and O–H groups in total. The highest BCUT2D eigenvalue weighted by atomic mass is 16.6. The molecule has 0 fully saturated rings. The van der Waals surface area contributed by atoms with E-state index >= 15 is 0 Å². The Labute approximate surface area is 135 Å². The van der Waals surface area contributed by atoms with E-state index in [-0.39, 0.29) is 18.9 Å². The van der Waals surface area contributed by atoms with Crippen molar-refractivity contribution in [3.63, 3.8) is 0 Å². The molecule has 0 aromatic carbocycles. The van der Waals surface area contributed by atoms with E-state index in [1.165, 1.54) is 10.7 Å². The maximum Gasteiger partial charge on any atom is 0.354 e. The van der Waals surface area contributed by atoms with Gasteiger partial charge in [0.25, 0.3) is 0 Å². The second kappa shape index (κ2) is 8.64. The molecule has 1 aromatic heterocycles. The number of hydrogen-bond acceptors (Lipinski definition) is 6. The molecule has 0 unspecified atom stereocenters. The van der Waals surface area contributed by atoms with Crippen molar-refractivity contribution in [3.05, 3.63) is 17.5 Å². The summed E-state index contributed by atoms with van der Waals surface area (Å²) in [5.74, 6) is -1.44. The molecular formula is C15H24N2O6. The van der Waals surface area contributed by atoms with E-state index < -0.39 is 17.5 Å². The molecule has 0 aliphatic carbocycles. The zero-order chi connectivity index (χ0) is 17.5. The lowest BCUT2D eigenvalue weighted by atomic mass is 10.2. The van der Waals surface area contributed by atoms with Crippen molar-refractivity contribution < 1.29 is 28.9 Å². The van der Waals surface area contributed by atoms with Crippen LogP contribution in [0, 0.1) is 6.92 Å². The molecule has 0 amide bonds. The molecule has 0 bridgehead atoms. The second-order valence-corrected chi connectivity index (χ2v) is 5.95. The van der Waals surface area contributed by atoms with Crippen LogP contribution in [0.2, 0.25) is 0 Å². The van der Waals surface area contributed by atoms with Gasteiger partial charge in [0.1, 0.15) is 17.9 Å². The topological polar surface area (TPSA) is 99.9 Å². The molecule has 23 heavy (non-hydrogen) atoms. The predicted octanol–water partition coefficient (Wildman–Crippen LogP) is 1.26. The quantitative estimate of drug-likeness (QED) is 0.538. The standard InChI is InChI=1S/C15H24N2O6/c1-11-9-12(14(19)20)17(16-11)5-6-21-7-8-22-10-13(18)23-15(2,3)4/h9H,5-8,10H2,1-4H3,(H,19,20). The zero-order valence-electron chi connectivity index (χ0n) is 14.0. The van der Waals surface area contributed by atoms with Gasteiger partial charge in [-0.2, -0.15) is 5.10 Å². The Morgan fingerprint density at radius 1 is 1.22 bits per heavy atom. The van der Waals surface area contributed by atoms with Crippen LogP contribution in [-0.2, 0) is 25.5 Å². The van der Waals surface area contributed by atoms with Crippen LogP contribution in [0.25, 0.3) is 0 Å². The van der Waals surface area contributed by atoms with E-state index in [1.54, 1.807) is 27.7 Å². The minimum atomic E-state index is -1.02. The van der Waals surface area contributed by atoms with Crippen LogP contribution in [-0.4, -0.2) is 58.9 Å². The van der Waals surface area contributed by atoms with Gasteiger partial charge in [-0.1, -0.05) is 0 Å². The fraction of sp³-hybridized carbons (Fsp3) is 0.667. The first-order chi connectivity index (χ1) is 10.7. The number of carbonyl (C=O) groups is 2. The second-order valence-electron chi connectivity index (χ2n) is 5.95. The summed E-state index contributed by atoms with van der Waals surface area (Å²) in [6.07, 6.45) is 0. The Balaban J connectivity index is 2.15. The van der Waals surface area contributed by atoms with Crippen LogP contribution < -0.4 is 0 Å². The lowest BCUT2D eigenvalue weighted by Crippen LogP contribution is -2.27. The zero-order valence-corrected chi connectivity index (χ0v) is 14.0. The van der Waals surface area contributed by atoms with Gasteiger partial charge in [0.05, 0.1) is 32.1 Å². The lowest BCUT2D eigenvalue weighted by Gasteiger charge is -2.19. The maximum absolute atomic E-state index is 11.4. The lowest BCUT2D eigenvalue weighted by molar-refractivity contribution is -0.160. The molecular weight excluding hydrogens is 304 g/mol. The van der Waals surface area contributed by atoms with Crippen molar-refractivity contribution in [3.8, 4) is 0 Å². The molecule has 0 aliphatic rings. The fourth-order valence-electron chi connectivity index (χ4n) is 1.79. The third-order valence-electron chi connectivity index (χ3n) is 2.58. The van der Waals surface area contributed by atoms with Crippen molar-refractivity contribution in [1.82, 2.24) is 9.78 Å². The van der Waals surface area contributed by atoms with E-state index in [0.29, 0.717) is 25.5 Å². The minimum absolute atomic E-state index is 0.123. The fourth-order valence-corrected chi connectivity index (χ4v) is 1.79. The molecule has 1 aromatic rings. The number of esters is 1. The van der Waals surface area contributed by atoms with Gasteiger partial charge in [0, 0.05) is 0 Å². The summed E-state index contributed by atoms with van der Waals surface area (Å²) in [5, 5.41) is 13.1. The van der Waals surface area contributed by atoms with Crippen LogP contribution >= 0.6 is 0 Å². The van der Waals surface area contributed by atoms with E-state index in [0.717, 1.165) is 0 Å². The van der Waals surface area contributed by atoms with Gasteiger partial charge < -0.3 is 19.3 Å². The monoisotopic (exact) mass is 328 g/mol. The molecule has 0 aliphatic heterocycles. The number of rotatable bonds is 9. The van der Waals surface area contributed by atoms with Crippen LogP contribution in [0.15, 0.2) is 6.07 Å². The number of aryl methyl sites for hydroxylation is 1. The van der Waals surface area contributed by atoms with Crippen molar-refractivity contribution in [2.24, 2.45) is 0 Å². The third kappa shape index (κ3) is 7.75. The number of carboxylic acids is 1. The Morgan fingerprint density at radius 2 is 1.87 bits per heavy atom. The predicted molar refractivity (Wildman–Crippen MR) is 81.4 cm³/mol. The van der Waals surface area contributed by atoms with E-state index in [9.17, 15) is 9.59 Å². The number of ether oxygens (including phenoxy) is 3. The Hall–Kier alpha value is -1.93. The molecule has 0 saturated carbocycles. The SMILES string of the molecule is Cc1cc(C(=O)O)n(CCOCCOCC(=O)OC(C)(C)C)n1. The Morgan fingerprint density at radius 3 is 2.48 bits per heavy atom. The van der Waals surface area contributed by atoms with Crippen molar-refractivity contribution >= 4 is 11.9 Å². The Bertz CT molecular complexity index is 533. The van der Waals surface area contributed by atoms with Crippen LogP contribution in [0.5, 0.6) is 0 Å². The van der Waals surface area contributed by atoms with Gasteiger partial charge in [0.15, 0.2) is 0 Å². The van der Waals surface area contributed by atoms with Gasteiger partial charge in [-0.25, -0.2) is 9.59 Å². The first-order valence-electron chi connectivity index (χ1n) is 7.34. The van der Waals surface area contributed by atoms with E-state index in [1.807, 2.05) is 0 Å². The largest absolute Gasteiger partial charge is 0.477 e. The molecule has 0 spiro atoms. The number of nitrogens with zero attached hydrogens (tertiary/aromatic N) is 2. The Kier molecular flexibility index (Phi) is 7.18. The molecule has 8 nitrogen and oxygen atoms in total. The first-order valence-corrected chi connectivity index (χ1v) is 7.34. The summed E-state index contributed by atoms with van der Waals surface area (Å²) in [4.78, 5) is 22.4.